The first-order chi connectivity index (χ1) is 12.3. The van der Waals surface area contributed by atoms with Gasteiger partial charge in [-0.2, -0.15) is 0 Å². The Kier molecular flexibility index (Phi) is 2.42. The zero-order valence-corrected chi connectivity index (χ0v) is 15.9. The highest BCUT2D eigenvalue weighted by Gasteiger charge is 2.54. The number of nitrogens with zero attached hydrogens (tertiary/aromatic N) is 1. The molecule has 0 spiro atoms. The molecule has 3 atom stereocenters. The Morgan fingerprint density at radius 3 is 2.77 bits per heavy atom. The molecule has 6 rings (SSSR count). The number of hydrogen-bond donors (Lipinski definition) is 1. The summed E-state index contributed by atoms with van der Waals surface area (Å²) in [4.78, 5) is 0. The van der Waals surface area contributed by atoms with E-state index in [9.17, 15) is 5.11 Å². The van der Waals surface area contributed by atoms with Crippen LogP contribution in [0.15, 0.2) is 24.3 Å². The van der Waals surface area contributed by atoms with E-state index in [-0.39, 0.29) is 11.1 Å². The first kappa shape index (κ1) is 15.0. The van der Waals surface area contributed by atoms with Gasteiger partial charge in [0.2, 0.25) is 0 Å². The second-order valence-electron chi connectivity index (χ2n) is 9.53. The summed E-state index contributed by atoms with van der Waals surface area (Å²) in [5, 5.41) is 12.7. The highest BCUT2D eigenvalue weighted by Crippen LogP contribution is 2.62. The normalized spacial score (nSPS) is 30.8. The van der Waals surface area contributed by atoms with Crippen molar-refractivity contribution in [1.29, 1.82) is 0 Å². The largest absolute Gasteiger partial charge is 0.508 e. The molecule has 0 saturated heterocycles. The minimum Gasteiger partial charge on any atom is -0.508 e. The van der Waals surface area contributed by atoms with Crippen molar-refractivity contribution in [3.63, 3.8) is 0 Å². The minimum absolute atomic E-state index is 0.0187. The molecule has 0 radical (unpaired) electrons. The zero-order chi connectivity index (χ0) is 18.0. The first-order valence-electron chi connectivity index (χ1n) is 9.80. The van der Waals surface area contributed by atoms with Gasteiger partial charge in [-0.15, -0.1) is 0 Å². The molecule has 1 aliphatic carbocycles. The van der Waals surface area contributed by atoms with Crippen molar-refractivity contribution >= 4 is 21.8 Å². The average Bonchev–Trinajstić information content (AvgIpc) is 2.88. The maximum atomic E-state index is 10.2. The van der Waals surface area contributed by atoms with Crippen LogP contribution in [0.3, 0.4) is 0 Å². The molecule has 2 aromatic carbocycles. The highest BCUT2D eigenvalue weighted by atomic mass is 16.5. The Morgan fingerprint density at radius 2 is 1.96 bits per heavy atom. The SMILES string of the molecule is Cc1cc2c3ccc(O)cc3n3c2c2c1O[C@@]1(C)CC[C@H]([C@H]2C1)C3(C)C. The number of ether oxygens (including phenoxy) is 1. The standard InChI is InChI=1S/C23H25NO2/c1-12-9-15-14-6-5-13(25)10-18(14)24-20(15)19-16-11-23(4,26-21(12)19)8-7-17(16)22(24,2)3/h5-6,9-10,16-17,25H,7-8,11H2,1-4H3/t16-,17-,23+/m1/s1. The van der Waals surface area contributed by atoms with Crippen LogP contribution in [-0.4, -0.2) is 15.3 Å². The third kappa shape index (κ3) is 1.53. The van der Waals surface area contributed by atoms with Crippen LogP contribution >= 0.6 is 0 Å². The van der Waals surface area contributed by atoms with Gasteiger partial charge in [0.25, 0.3) is 0 Å². The van der Waals surface area contributed by atoms with E-state index < -0.39 is 0 Å². The molecule has 1 saturated carbocycles. The summed E-state index contributed by atoms with van der Waals surface area (Å²) in [7, 11) is 0. The summed E-state index contributed by atoms with van der Waals surface area (Å²) in [5.74, 6) is 2.64. The number of aromatic hydroxyl groups is 1. The van der Waals surface area contributed by atoms with Crippen LogP contribution in [0.5, 0.6) is 11.5 Å². The third-order valence-electron chi connectivity index (χ3n) is 7.53. The molecule has 3 heteroatoms. The number of fused-ring (bicyclic) bond motifs is 4. The molecule has 2 aliphatic heterocycles. The van der Waals surface area contributed by atoms with Crippen LogP contribution in [-0.2, 0) is 5.54 Å². The monoisotopic (exact) mass is 347 g/mol. The van der Waals surface area contributed by atoms with E-state index in [1.54, 1.807) is 0 Å². The van der Waals surface area contributed by atoms with Crippen molar-refractivity contribution in [1.82, 2.24) is 4.57 Å². The molecular weight excluding hydrogens is 322 g/mol. The van der Waals surface area contributed by atoms with Gasteiger partial charge in [0.05, 0.1) is 11.0 Å². The number of aryl methyl sites for hydroxylation is 1. The van der Waals surface area contributed by atoms with Gasteiger partial charge in [-0.1, -0.05) is 0 Å². The highest BCUT2D eigenvalue weighted by molar-refractivity contribution is 6.11. The van der Waals surface area contributed by atoms with Gasteiger partial charge in [0.15, 0.2) is 0 Å². The predicted octanol–water partition coefficient (Wildman–Crippen LogP) is 5.59. The topological polar surface area (TPSA) is 34.4 Å². The van der Waals surface area contributed by atoms with Gasteiger partial charge in [0, 0.05) is 27.9 Å². The molecule has 3 aromatic rings. The van der Waals surface area contributed by atoms with Gasteiger partial charge >= 0.3 is 0 Å². The predicted molar refractivity (Wildman–Crippen MR) is 104 cm³/mol. The Balaban J connectivity index is 1.88. The fraction of sp³-hybridized carbons (Fsp3) is 0.478. The van der Waals surface area contributed by atoms with Gasteiger partial charge in [-0.3, -0.25) is 0 Å². The summed E-state index contributed by atoms with van der Waals surface area (Å²) in [6.07, 6.45) is 3.44. The molecular formula is C23H25NO2. The second kappa shape index (κ2) is 4.21. The Bertz CT molecular complexity index is 1120. The number of rotatable bonds is 0. The zero-order valence-electron chi connectivity index (χ0n) is 15.9. The summed E-state index contributed by atoms with van der Waals surface area (Å²) in [6, 6.07) is 8.13. The molecule has 3 nitrogen and oxygen atoms in total. The molecule has 0 unspecified atom stereocenters. The van der Waals surface area contributed by atoms with Crippen LogP contribution in [0.1, 0.15) is 57.1 Å². The maximum absolute atomic E-state index is 10.2. The lowest BCUT2D eigenvalue weighted by Gasteiger charge is -2.55. The fourth-order valence-corrected chi connectivity index (χ4v) is 6.42. The number of hydrogen-bond acceptors (Lipinski definition) is 2. The van der Waals surface area contributed by atoms with E-state index in [1.807, 2.05) is 12.1 Å². The summed E-state index contributed by atoms with van der Waals surface area (Å²) in [6.45, 7) is 9.27. The molecule has 2 bridgehead atoms. The molecule has 0 amide bonds. The number of aromatic nitrogens is 1. The lowest BCUT2D eigenvalue weighted by Crippen LogP contribution is -2.52. The molecule has 26 heavy (non-hydrogen) atoms. The first-order valence-corrected chi connectivity index (χ1v) is 9.80. The van der Waals surface area contributed by atoms with Crippen molar-refractivity contribution in [2.45, 2.75) is 64.0 Å². The molecule has 134 valence electrons. The minimum atomic E-state index is -0.0187. The van der Waals surface area contributed by atoms with Gasteiger partial charge in [0.1, 0.15) is 17.1 Å². The summed E-state index contributed by atoms with van der Waals surface area (Å²) >= 11 is 0. The Labute approximate surface area is 153 Å². The van der Waals surface area contributed by atoms with Crippen molar-refractivity contribution in [3.05, 3.63) is 35.4 Å². The van der Waals surface area contributed by atoms with Crippen LogP contribution in [0, 0.1) is 12.8 Å². The number of benzene rings is 2. The number of phenolic OH excluding ortho intramolecular Hbond substituents is 1. The Morgan fingerprint density at radius 1 is 1.15 bits per heavy atom. The lowest BCUT2D eigenvalue weighted by molar-refractivity contribution is -0.0262. The molecule has 1 fully saturated rings. The van der Waals surface area contributed by atoms with Crippen molar-refractivity contribution < 1.29 is 9.84 Å². The van der Waals surface area contributed by atoms with E-state index in [1.165, 1.54) is 33.8 Å². The fourth-order valence-electron chi connectivity index (χ4n) is 6.42. The molecule has 1 N–H and O–H groups in total. The summed E-state index contributed by atoms with van der Waals surface area (Å²) < 4.78 is 9.14. The van der Waals surface area contributed by atoms with E-state index in [2.05, 4.69) is 44.4 Å². The van der Waals surface area contributed by atoms with Crippen molar-refractivity contribution in [2.24, 2.45) is 5.92 Å². The quantitative estimate of drug-likeness (QED) is 0.575. The van der Waals surface area contributed by atoms with Crippen LogP contribution in [0.25, 0.3) is 21.8 Å². The van der Waals surface area contributed by atoms with Crippen molar-refractivity contribution in [2.75, 3.05) is 0 Å². The number of phenols is 1. The van der Waals surface area contributed by atoms with Crippen LogP contribution in [0.2, 0.25) is 0 Å². The van der Waals surface area contributed by atoms with Gasteiger partial charge in [-0.05, 0) is 82.6 Å². The van der Waals surface area contributed by atoms with E-state index in [0.717, 1.165) is 24.1 Å². The van der Waals surface area contributed by atoms with Crippen LogP contribution in [0.4, 0.5) is 0 Å². The second-order valence-corrected chi connectivity index (χ2v) is 9.53. The maximum Gasteiger partial charge on any atom is 0.128 e. The average molecular weight is 347 g/mol. The van der Waals surface area contributed by atoms with Crippen molar-refractivity contribution in [3.8, 4) is 11.5 Å². The Hall–Kier alpha value is -2.16. The van der Waals surface area contributed by atoms with E-state index >= 15 is 0 Å². The van der Waals surface area contributed by atoms with E-state index in [4.69, 9.17) is 4.74 Å². The lowest BCUT2D eigenvalue weighted by atomic mass is 9.60. The smallest absolute Gasteiger partial charge is 0.128 e. The molecule has 3 aliphatic rings. The van der Waals surface area contributed by atoms with Gasteiger partial charge in [-0.25, -0.2) is 0 Å². The third-order valence-corrected chi connectivity index (χ3v) is 7.53. The van der Waals surface area contributed by atoms with Gasteiger partial charge < -0.3 is 14.4 Å². The molecule has 1 aromatic heterocycles. The van der Waals surface area contributed by atoms with Crippen LogP contribution < -0.4 is 4.74 Å². The summed E-state index contributed by atoms with van der Waals surface area (Å²) in [5.41, 5.74) is 5.16. The van der Waals surface area contributed by atoms with E-state index in [0.29, 0.717) is 17.6 Å². The molecule has 3 heterocycles.